The van der Waals surface area contributed by atoms with E-state index in [4.69, 9.17) is 0 Å². The number of rotatable bonds is 10. The summed E-state index contributed by atoms with van der Waals surface area (Å²) in [5.74, 6) is -2.04. The second-order valence-corrected chi connectivity index (χ2v) is 5.62. The highest BCUT2D eigenvalue weighted by Gasteiger charge is 2.42. The number of ether oxygens (including phenoxy) is 2. The first kappa shape index (κ1) is 23.5. The molecule has 0 bridgehead atoms. The van der Waals surface area contributed by atoms with Crippen LogP contribution in [-0.4, -0.2) is 36.5 Å². The van der Waals surface area contributed by atoms with Crippen LogP contribution >= 0.6 is 0 Å². The lowest BCUT2D eigenvalue weighted by molar-refractivity contribution is -0.222. The van der Waals surface area contributed by atoms with Crippen LogP contribution in [0.1, 0.15) is 58.8 Å². The maximum atomic E-state index is 12.6. The molecule has 0 aromatic rings. The summed E-state index contributed by atoms with van der Waals surface area (Å²) in [6.45, 7) is 1.78. The Morgan fingerprint density at radius 3 is 1.20 bits per heavy atom. The Morgan fingerprint density at radius 2 is 0.960 bits per heavy atom. The summed E-state index contributed by atoms with van der Waals surface area (Å²) in [5, 5.41) is 0. The molecule has 0 aromatic heterocycles. The predicted molar refractivity (Wildman–Crippen MR) is 75.5 cm³/mol. The zero-order valence-corrected chi connectivity index (χ0v) is 14.0. The van der Waals surface area contributed by atoms with E-state index in [1.807, 2.05) is 0 Å². The van der Waals surface area contributed by atoms with Gasteiger partial charge < -0.3 is 9.47 Å². The summed E-state index contributed by atoms with van der Waals surface area (Å²) in [6, 6.07) is 0. The van der Waals surface area contributed by atoms with Gasteiger partial charge in [0.15, 0.2) is 12.2 Å². The van der Waals surface area contributed by atoms with Crippen LogP contribution in [0.4, 0.5) is 26.3 Å². The molecule has 148 valence electrons. The molecule has 0 radical (unpaired) electrons. The van der Waals surface area contributed by atoms with Crippen LogP contribution in [0.2, 0.25) is 0 Å². The van der Waals surface area contributed by atoms with Gasteiger partial charge in [-0.2, -0.15) is 26.3 Å². The second kappa shape index (κ2) is 10.5. The summed E-state index contributed by atoms with van der Waals surface area (Å²) >= 11 is 0. The van der Waals surface area contributed by atoms with Crippen molar-refractivity contribution in [3.05, 3.63) is 0 Å². The van der Waals surface area contributed by atoms with Crippen molar-refractivity contribution >= 4 is 11.9 Å². The lowest BCUT2D eigenvalue weighted by atomic mass is 10.0. The highest BCUT2D eigenvalue weighted by molar-refractivity contribution is 5.66. The standard InChI is InChI=1S/C15H22F6O4/c1-10(22)24-12(14(16,17)18)8-6-4-3-5-7-9-13(15(19,20)21)25-11(2)23/h12-13H,3-9H2,1-2H3/t12-,13-/m1/s1. The first-order chi connectivity index (χ1) is 11.3. The van der Waals surface area contributed by atoms with Crippen LogP contribution in [0, 0.1) is 0 Å². The van der Waals surface area contributed by atoms with Crippen molar-refractivity contribution in [2.75, 3.05) is 0 Å². The fourth-order valence-corrected chi connectivity index (χ4v) is 2.17. The van der Waals surface area contributed by atoms with Gasteiger partial charge in [0, 0.05) is 13.8 Å². The molecule has 0 aliphatic rings. The van der Waals surface area contributed by atoms with Crippen molar-refractivity contribution in [2.45, 2.75) is 83.4 Å². The monoisotopic (exact) mass is 380 g/mol. The molecule has 0 aliphatic heterocycles. The first-order valence-electron chi connectivity index (χ1n) is 7.82. The van der Waals surface area contributed by atoms with E-state index in [9.17, 15) is 35.9 Å². The molecule has 0 N–H and O–H groups in total. The molecule has 0 unspecified atom stereocenters. The van der Waals surface area contributed by atoms with Crippen molar-refractivity contribution in [1.29, 1.82) is 0 Å². The highest BCUT2D eigenvalue weighted by atomic mass is 19.4. The Bertz CT molecular complexity index is 381. The fraction of sp³-hybridized carbons (Fsp3) is 0.867. The van der Waals surface area contributed by atoms with Crippen LogP contribution in [0.5, 0.6) is 0 Å². The normalized spacial score (nSPS) is 14.7. The van der Waals surface area contributed by atoms with Gasteiger partial charge in [-0.3, -0.25) is 9.59 Å². The summed E-state index contributed by atoms with van der Waals surface area (Å²) in [6.07, 6.45) is -13.0. The Balaban J connectivity index is 4.04. The Hall–Kier alpha value is -1.48. The number of hydrogen-bond donors (Lipinski definition) is 0. The van der Waals surface area contributed by atoms with E-state index in [0.29, 0.717) is 19.3 Å². The van der Waals surface area contributed by atoms with Gasteiger partial charge in [0.25, 0.3) is 0 Å². The summed E-state index contributed by atoms with van der Waals surface area (Å²) in [7, 11) is 0. The van der Waals surface area contributed by atoms with Gasteiger partial charge in [0.2, 0.25) is 0 Å². The maximum absolute atomic E-state index is 12.6. The molecule has 0 fully saturated rings. The van der Waals surface area contributed by atoms with Gasteiger partial charge in [-0.1, -0.05) is 19.3 Å². The van der Waals surface area contributed by atoms with Gasteiger partial charge in [-0.05, 0) is 25.7 Å². The van der Waals surface area contributed by atoms with E-state index in [1.54, 1.807) is 0 Å². The fourth-order valence-electron chi connectivity index (χ4n) is 2.17. The van der Waals surface area contributed by atoms with E-state index < -0.39 is 36.5 Å². The predicted octanol–water partition coefficient (Wildman–Crippen LogP) is 4.71. The van der Waals surface area contributed by atoms with Crippen molar-refractivity contribution in [1.82, 2.24) is 0 Å². The molecule has 4 nitrogen and oxygen atoms in total. The third kappa shape index (κ3) is 11.7. The molecular formula is C15H22F6O4. The number of hydrogen-bond acceptors (Lipinski definition) is 4. The Labute approximate surface area is 141 Å². The molecule has 0 heterocycles. The van der Waals surface area contributed by atoms with E-state index in [2.05, 4.69) is 9.47 Å². The summed E-state index contributed by atoms with van der Waals surface area (Å²) in [4.78, 5) is 21.3. The van der Waals surface area contributed by atoms with Crippen molar-refractivity contribution in [2.24, 2.45) is 0 Å². The number of halogens is 6. The van der Waals surface area contributed by atoms with E-state index >= 15 is 0 Å². The van der Waals surface area contributed by atoms with Crippen LogP contribution in [0.15, 0.2) is 0 Å². The maximum Gasteiger partial charge on any atom is 0.425 e. The minimum Gasteiger partial charge on any atom is -0.453 e. The minimum atomic E-state index is -4.64. The van der Waals surface area contributed by atoms with Crippen LogP contribution in [-0.2, 0) is 19.1 Å². The third-order valence-corrected chi connectivity index (χ3v) is 3.28. The van der Waals surface area contributed by atoms with Crippen LogP contribution in [0.25, 0.3) is 0 Å². The number of unbranched alkanes of at least 4 members (excludes halogenated alkanes) is 4. The van der Waals surface area contributed by atoms with E-state index in [-0.39, 0.29) is 25.7 Å². The molecular weight excluding hydrogens is 358 g/mol. The molecule has 0 saturated heterocycles. The lowest BCUT2D eigenvalue weighted by Crippen LogP contribution is -2.33. The zero-order chi connectivity index (χ0) is 19.7. The van der Waals surface area contributed by atoms with Gasteiger partial charge in [0.05, 0.1) is 0 Å². The van der Waals surface area contributed by atoms with Crippen molar-refractivity contribution in [3.8, 4) is 0 Å². The van der Waals surface area contributed by atoms with Gasteiger partial charge >= 0.3 is 24.3 Å². The molecule has 0 spiro atoms. The summed E-state index contributed by atoms with van der Waals surface area (Å²) < 4.78 is 84.0. The number of esters is 2. The number of carbonyl (C=O) groups is 2. The topological polar surface area (TPSA) is 52.6 Å². The Morgan fingerprint density at radius 1 is 0.680 bits per heavy atom. The van der Waals surface area contributed by atoms with E-state index in [0.717, 1.165) is 13.8 Å². The second-order valence-electron chi connectivity index (χ2n) is 5.62. The third-order valence-electron chi connectivity index (χ3n) is 3.28. The molecule has 0 aromatic carbocycles. The largest absolute Gasteiger partial charge is 0.453 e. The van der Waals surface area contributed by atoms with Crippen molar-refractivity contribution < 1.29 is 45.4 Å². The molecule has 0 rings (SSSR count). The average molecular weight is 380 g/mol. The molecule has 0 saturated carbocycles. The van der Waals surface area contributed by atoms with Gasteiger partial charge in [0.1, 0.15) is 0 Å². The lowest BCUT2D eigenvalue weighted by Gasteiger charge is -2.20. The van der Waals surface area contributed by atoms with Crippen molar-refractivity contribution in [3.63, 3.8) is 0 Å². The summed E-state index contributed by atoms with van der Waals surface area (Å²) in [5.41, 5.74) is 0. The molecule has 2 atom stereocenters. The van der Waals surface area contributed by atoms with Gasteiger partial charge in [-0.15, -0.1) is 0 Å². The minimum absolute atomic E-state index is 0.129. The first-order valence-corrected chi connectivity index (χ1v) is 7.82. The zero-order valence-electron chi connectivity index (χ0n) is 14.0. The molecule has 25 heavy (non-hydrogen) atoms. The van der Waals surface area contributed by atoms with Crippen LogP contribution < -0.4 is 0 Å². The average Bonchev–Trinajstić information content (AvgIpc) is 2.40. The molecule has 0 aliphatic carbocycles. The smallest absolute Gasteiger partial charge is 0.425 e. The quantitative estimate of drug-likeness (QED) is 0.313. The molecule has 10 heteroatoms. The molecule has 0 amide bonds. The van der Waals surface area contributed by atoms with Gasteiger partial charge in [-0.25, -0.2) is 0 Å². The Kier molecular flexibility index (Phi) is 9.88. The van der Waals surface area contributed by atoms with Crippen LogP contribution in [0.3, 0.4) is 0 Å². The van der Waals surface area contributed by atoms with E-state index in [1.165, 1.54) is 0 Å². The highest BCUT2D eigenvalue weighted by Crippen LogP contribution is 2.29. The number of alkyl halides is 6. The number of carbonyl (C=O) groups excluding carboxylic acids is 2. The SMILES string of the molecule is CC(=O)O[C@H](CCCCCCC[C@@H](OC(C)=O)C(F)(F)F)C(F)(F)F.